The fraction of sp³-hybridized carbons (Fsp3) is 0.412. The molecule has 1 atom stereocenters. The van der Waals surface area contributed by atoms with Crippen LogP contribution in [0.1, 0.15) is 27.8 Å². The summed E-state index contributed by atoms with van der Waals surface area (Å²) in [6, 6.07) is 13.7. The van der Waals surface area contributed by atoms with Crippen molar-refractivity contribution in [1.82, 2.24) is 10.2 Å². The lowest BCUT2D eigenvalue weighted by Crippen LogP contribution is -2.32. The molecule has 0 aliphatic carbocycles. The Morgan fingerprint density at radius 2 is 1.90 bits per heavy atom. The van der Waals surface area contributed by atoms with Crippen molar-refractivity contribution in [3.05, 3.63) is 56.2 Å². The van der Waals surface area contributed by atoms with Gasteiger partial charge in [0.2, 0.25) is 0 Å². The van der Waals surface area contributed by atoms with Gasteiger partial charge in [-0.2, -0.15) is 0 Å². The van der Waals surface area contributed by atoms with Crippen molar-refractivity contribution in [2.24, 2.45) is 0 Å². The Kier molecular flexibility index (Phi) is 5.11. The summed E-state index contributed by atoms with van der Waals surface area (Å²) in [7, 11) is 0. The van der Waals surface area contributed by atoms with Crippen molar-refractivity contribution in [3.63, 3.8) is 0 Å². The molecule has 21 heavy (non-hydrogen) atoms. The van der Waals surface area contributed by atoms with Gasteiger partial charge in [0.25, 0.3) is 0 Å². The SMILES string of the molecule is Cc1ccc(C(c2ccc(Br)cc2)N2CCCNCC2)s1. The first-order chi connectivity index (χ1) is 10.2. The molecule has 1 aliphatic rings. The molecule has 1 unspecified atom stereocenters. The number of hydrogen-bond acceptors (Lipinski definition) is 3. The van der Waals surface area contributed by atoms with Crippen LogP contribution in [0.15, 0.2) is 40.9 Å². The van der Waals surface area contributed by atoms with E-state index in [2.05, 4.69) is 69.5 Å². The molecule has 0 saturated carbocycles. The topological polar surface area (TPSA) is 15.3 Å². The lowest BCUT2D eigenvalue weighted by atomic mass is 10.0. The lowest BCUT2D eigenvalue weighted by molar-refractivity contribution is 0.244. The number of nitrogens with one attached hydrogen (secondary N) is 1. The van der Waals surface area contributed by atoms with E-state index in [9.17, 15) is 0 Å². The van der Waals surface area contributed by atoms with Gasteiger partial charge in [-0.3, -0.25) is 4.90 Å². The number of thiophene rings is 1. The van der Waals surface area contributed by atoms with Gasteiger partial charge < -0.3 is 5.32 Å². The van der Waals surface area contributed by atoms with E-state index in [1.807, 2.05) is 11.3 Å². The van der Waals surface area contributed by atoms with Crippen LogP contribution < -0.4 is 5.32 Å². The highest BCUT2D eigenvalue weighted by atomic mass is 79.9. The zero-order valence-electron chi connectivity index (χ0n) is 12.3. The Bertz CT molecular complexity index is 571. The van der Waals surface area contributed by atoms with E-state index in [4.69, 9.17) is 0 Å². The van der Waals surface area contributed by atoms with Gasteiger partial charge in [0.15, 0.2) is 0 Å². The summed E-state index contributed by atoms with van der Waals surface area (Å²) < 4.78 is 1.14. The second-order valence-corrected chi connectivity index (χ2v) is 7.78. The molecular formula is C17H21BrN2S. The van der Waals surface area contributed by atoms with Crippen LogP contribution in [0, 0.1) is 6.92 Å². The molecule has 0 spiro atoms. The van der Waals surface area contributed by atoms with E-state index in [0.29, 0.717) is 6.04 Å². The normalized spacial score (nSPS) is 18.4. The van der Waals surface area contributed by atoms with Crippen molar-refractivity contribution in [2.45, 2.75) is 19.4 Å². The Morgan fingerprint density at radius 1 is 1.10 bits per heavy atom. The average Bonchev–Trinajstić information content (AvgIpc) is 2.74. The van der Waals surface area contributed by atoms with Crippen molar-refractivity contribution in [1.29, 1.82) is 0 Å². The molecule has 0 bridgehead atoms. The number of rotatable bonds is 3. The van der Waals surface area contributed by atoms with Crippen molar-refractivity contribution in [2.75, 3.05) is 26.2 Å². The Morgan fingerprint density at radius 3 is 2.62 bits per heavy atom. The largest absolute Gasteiger partial charge is 0.315 e. The maximum atomic E-state index is 3.54. The molecule has 112 valence electrons. The molecule has 2 aromatic rings. The van der Waals surface area contributed by atoms with Crippen LogP contribution in [0.3, 0.4) is 0 Å². The summed E-state index contributed by atoms with van der Waals surface area (Å²) in [5.74, 6) is 0. The molecule has 4 heteroatoms. The summed E-state index contributed by atoms with van der Waals surface area (Å²) in [6.45, 7) is 6.67. The number of halogens is 1. The highest BCUT2D eigenvalue weighted by molar-refractivity contribution is 9.10. The van der Waals surface area contributed by atoms with Crippen LogP contribution in [0.25, 0.3) is 0 Å². The van der Waals surface area contributed by atoms with E-state index in [0.717, 1.165) is 30.7 Å². The average molecular weight is 365 g/mol. The molecule has 3 rings (SSSR count). The number of nitrogens with zero attached hydrogens (tertiary/aromatic N) is 1. The van der Waals surface area contributed by atoms with Crippen LogP contribution in [0.4, 0.5) is 0 Å². The zero-order chi connectivity index (χ0) is 14.7. The summed E-state index contributed by atoms with van der Waals surface area (Å²) in [5.41, 5.74) is 1.39. The smallest absolute Gasteiger partial charge is 0.0696 e. The summed E-state index contributed by atoms with van der Waals surface area (Å²) in [6.07, 6.45) is 1.22. The minimum atomic E-state index is 0.386. The molecule has 2 heterocycles. The van der Waals surface area contributed by atoms with Crippen LogP contribution >= 0.6 is 27.3 Å². The summed E-state index contributed by atoms with van der Waals surface area (Å²) in [4.78, 5) is 5.46. The second kappa shape index (κ2) is 7.05. The van der Waals surface area contributed by atoms with E-state index in [1.165, 1.54) is 21.7 Å². The number of benzene rings is 1. The molecule has 0 amide bonds. The Labute approximate surface area is 139 Å². The Balaban J connectivity index is 1.95. The van der Waals surface area contributed by atoms with E-state index >= 15 is 0 Å². The third-order valence-corrected chi connectivity index (χ3v) is 5.54. The molecule has 1 aliphatic heterocycles. The third kappa shape index (κ3) is 3.75. The van der Waals surface area contributed by atoms with Gasteiger partial charge in [0.05, 0.1) is 6.04 Å². The maximum absolute atomic E-state index is 3.54. The predicted molar refractivity (Wildman–Crippen MR) is 94.1 cm³/mol. The Hall–Kier alpha value is -0.680. The predicted octanol–water partition coefficient (Wildman–Crippen LogP) is 4.20. The maximum Gasteiger partial charge on any atom is 0.0696 e. The van der Waals surface area contributed by atoms with Crippen molar-refractivity contribution in [3.8, 4) is 0 Å². The third-order valence-electron chi connectivity index (χ3n) is 3.96. The molecule has 1 aromatic carbocycles. The lowest BCUT2D eigenvalue weighted by Gasteiger charge is -2.30. The quantitative estimate of drug-likeness (QED) is 0.877. The van der Waals surface area contributed by atoms with Gasteiger partial charge in [-0.15, -0.1) is 11.3 Å². The molecular weight excluding hydrogens is 344 g/mol. The van der Waals surface area contributed by atoms with Crippen LogP contribution in [0.2, 0.25) is 0 Å². The first-order valence-corrected chi connectivity index (χ1v) is 9.11. The fourth-order valence-corrected chi connectivity index (χ4v) is 4.23. The highest BCUT2D eigenvalue weighted by Gasteiger charge is 2.24. The minimum Gasteiger partial charge on any atom is -0.315 e. The molecule has 1 aromatic heterocycles. The summed E-state index contributed by atoms with van der Waals surface area (Å²) >= 11 is 5.46. The van der Waals surface area contributed by atoms with Crippen LogP contribution in [-0.2, 0) is 0 Å². The van der Waals surface area contributed by atoms with Gasteiger partial charge >= 0.3 is 0 Å². The van der Waals surface area contributed by atoms with E-state index in [-0.39, 0.29) is 0 Å². The second-order valence-electron chi connectivity index (χ2n) is 5.54. The zero-order valence-corrected chi connectivity index (χ0v) is 14.7. The van der Waals surface area contributed by atoms with Gasteiger partial charge in [0.1, 0.15) is 0 Å². The number of hydrogen-bond donors (Lipinski definition) is 1. The van der Waals surface area contributed by atoms with E-state index < -0.39 is 0 Å². The van der Waals surface area contributed by atoms with Crippen LogP contribution in [-0.4, -0.2) is 31.1 Å². The molecule has 1 saturated heterocycles. The standard InChI is InChI=1S/C17H21BrN2S/c1-13-3-8-16(21-13)17(14-4-6-15(18)7-5-14)20-11-2-9-19-10-12-20/h3-8,17,19H,2,9-12H2,1H3. The molecule has 2 nitrogen and oxygen atoms in total. The van der Waals surface area contributed by atoms with Crippen molar-refractivity contribution >= 4 is 27.3 Å². The monoisotopic (exact) mass is 364 g/mol. The minimum absolute atomic E-state index is 0.386. The summed E-state index contributed by atoms with van der Waals surface area (Å²) in [5, 5.41) is 3.50. The molecule has 1 fully saturated rings. The number of aryl methyl sites for hydroxylation is 1. The first-order valence-electron chi connectivity index (χ1n) is 7.50. The highest BCUT2D eigenvalue weighted by Crippen LogP contribution is 2.34. The van der Waals surface area contributed by atoms with Gasteiger partial charge in [0, 0.05) is 33.9 Å². The molecule has 1 N–H and O–H groups in total. The first kappa shape index (κ1) is 15.2. The van der Waals surface area contributed by atoms with Gasteiger partial charge in [-0.1, -0.05) is 28.1 Å². The van der Waals surface area contributed by atoms with Crippen molar-refractivity contribution < 1.29 is 0 Å². The molecule has 0 radical (unpaired) electrons. The van der Waals surface area contributed by atoms with Gasteiger partial charge in [-0.05, 0) is 49.7 Å². The van der Waals surface area contributed by atoms with E-state index in [1.54, 1.807) is 0 Å². The van der Waals surface area contributed by atoms with Crippen LogP contribution in [0.5, 0.6) is 0 Å². The fourth-order valence-electron chi connectivity index (χ4n) is 2.93. The van der Waals surface area contributed by atoms with Gasteiger partial charge in [-0.25, -0.2) is 0 Å².